The highest BCUT2D eigenvalue weighted by molar-refractivity contribution is 7.20. The van der Waals surface area contributed by atoms with E-state index >= 15 is 0 Å². The van der Waals surface area contributed by atoms with E-state index in [4.69, 9.17) is 152 Å². The number of aliphatic hydroxyl groups is 7. The van der Waals surface area contributed by atoms with Gasteiger partial charge in [-0.1, -0.05) is 190 Å². The lowest BCUT2D eigenvalue weighted by molar-refractivity contribution is -0.230. The molecule has 146 heavy (non-hydrogen) atoms. The molecule has 5 unspecified atom stereocenters. The van der Waals surface area contributed by atoms with Crippen molar-refractivity contribution in [2.75, 3.05) is 61.2 Å². The Hall–Kier alpha value is -3.65. The lowest BCUT2D eigenvalue weighted by Crippen LogP contribution is -2.43. The number of methoxy groups -OCH3 is 3. The maximum absolute atomic E-state index is 9.99. The van der Waals surface area contributed by atoms with Crippen LogP contribution in [0.2, 0.25) is 90.7 Å². The monoisotopic (exact) mass is 2170 g/mol. The lowest BCUT2D eigenvalue weighted by atomic mass is 10.1. The molecule has 1 aromatic carbocycles. The van der Waals surface area contributed by atoms with Gasteiger partial charge in [-0.2, -0.15) is 11.1 Å². The summed E-state index contributed by atoms with van der Waals surface area (Å²) in [6.45, 7) is 76.4. The zero-order valence-corrected chi connectivity index (χ0v) is 99.0. The van der Waals surface area contributed by atoms with E-state index in [-0.39, 0.29) is 138 Å². The fourth-order valence-corrected chi connectivity index (χ4v) is 23.8. The summed E-state index contributed by atoms with van der Waals surface area (Å²) in [6, 6.07) is 17.4. The average molecular weight is 2170 g/mol. The molecule has 14 saturated heterocycles. The highest BCUT2D eigenvalue weighted by atomic mass is 35.6. The molecule has 36 nitrogen and oxygen atoms in total. The molecule has 5 aromatic rings. The third-order valence-electron chi connectivity index (χ3n) is 30.1. The first kappa shape index (κ1) is 128. The van der Waals surface area contributed by atoms with Crippen molar-refractivity contribution in [2.45, 2.75) is 471 Å². The van der Waals surface area contributed by atoms with Crippen LogP contribution in [-0.2, 0) is 109 Å². The van der Waals surface area contributed by atoms with Crippen molar-refractivity contribution in [1.29, 1.82) is 0 Å². The van der Waals surface area contributed by atoms with Crippen molar-refractivity contribution in [2.24, 2.45) is 0 Å². The van der Waals surface area contributed by atoms with E-state index in [0.29, 0.717) is 32.7 Å². The molecular weight excluding hydrogens is 2000 g/mol. The van der Waals surface area contributed by atoms with Crippen LogP contribution in [-0.4, -0.2) is 354 Å². The van der Waals surface area contributed by atoms with Crippen LogP contribution in [0.1, 0.15) is 188 Å². The predicted octanol–water partition coefficient (Wildman–Crippen LogP) is 15.7. The van der Waals surface area contributed by atoms with Crippen LogP contribution in [0.4, 0.5) is 0 Å². The van der Waals surface area contributed by atoms with Crippen LogP contribution in [0.15, 0.2) is 79.9 Å². The number of aliphatic hydroxyl groups excluding tert-OH is 7. The third-order valence-corrected chi connectivity index (χ3v) is 52.2. The van der Waals surface area contributed by atoms with Crippen LogP contribution < -0.4 is 0 Å². The van der Waals surface area contributed by atoms with Crippen LogP contribution in [0.25, 0.3) is 22.1 Å². The molecule has 833 valence electrons. The number of ether oxygens (including phenoxy) is 23. The molecule has 18 heterocycles. The highest BCUT2D eigenvalue weighted by Crippen LogP contribution is 2.52. The van der Waals surface area contributed by atoms with Gasteiger partial charge < -0.3 is 154 Å². The van der Waals surface area contributed by atoms with Gasteiger partial charge in [-0.3, -0.25) is 0 Å². The number of hydrogen-bond acceptors (Lipinski definition) is 34. The number of H-pyrrole nitrogens is 1. The van der Waals surface area contributed by atoms with Gasteiger partial charge in [0, 0.05) is 66.1 Å². The minimum Gasteiger partial charge on any atom is -0.464 e. The third kappa shape index (κ3) is 33.0. The van der Waals surface area contributed by atoms with Gasteiger partial charge in [-0.15, -0.1) is 0 Å². The van der Waals surface area contributed by atoms with Gasteiger partial charge in [-0.25, -0.2) is 19.9 Å². The van der Waals surface area contributed by atoms with E-state index in [2.05, 4.69) is 201 Å². The number of nitrogens with zero attached hydrogens (tertiary/aromatic N) is 5. The summed E-state index contributed by atoms with van der Waals surface area (Å²) in [5.74, 6) is -2.47. The minimum atomic E-state index is -1.50. The molecule has 14 aliphatic heterocycles. The number of aromatic amines is 1. The normalized spacial score (nSPS) is 33.7. The topological polar surface area (TPSA) is 426 Å². The van der Waals surface area contributed by atoms with Crippen LogP contribution in [0.5, 0.6) is 0 Å². The van der Waals surface area contributed by atoms with Gasteiger partial charge in [0.1, 0.15) is 134 Å². The van der Waals surface area contributed by atoms with Crippen LogP contribution in [0, 0.1) is 20.8 Å². The molecule has 3 radical (unpaired) electrons. The molecule has 0 spiro atoms. The van der Waals surface area contributed by atoms with Crippen LogP contribution in [0.3, 0.4) is 0 Å². The second kappa shape index (κ2) is 51.6. The van der Waals surface area contributed by atoms with Crippen molar-refractivity contribution in [1.82, 2.24) is 29.5 Å². The van der Waals surface area contributed by atoms with Crippen molar-refractivity contribution in [3.8, 4) is 0 Å². The number of fused-ring (bicyclic) bond motifs is 8. The molecule has 0 aliphatic carbocycles. The second-order valence-corrected chi connectivity index (χ2v) is 72.7. The van der Waals surface area contributed by atoms with E-state index in [1.54, 1.807) is 40.7 Å². The smallest absolute Gasteiger partial charge is 0.228 e. The number of alkyl halides is 1. The molecule has 0 saturated carbocycles. The van der Waals surface area contributed by atoms with Crippen molar-refractivity contribution in [3.63, 3.8) is 0 Å². The molecule has 27 atom stereocenters. The van der Waals surface area contributed by atoms with E-state index in [9.17, 15) is 10.2 Å². The maximum atomic E-state index is 9.99. The number of aromatic nitrogens is 6. The summed E-state index contributed by atoms with van der Waals surface area (Å²) in [6.07, 6.45) is -0.175. The van der Waals surface area contributed by atoms with Gasteiger partial charge in [0.15, 0.2) is 79.4 Å². The molecule has 14 fully saturated rings. The Balaban J connectivity index is 0.000000201. The zero-order chi connectivity index (χ0) is 109. The number of halogens is 2. The number of hydrogen-bond donors (Lipinski definition) is 8. The highest BCUT2D eigenvalue weighted by Gasteiger charge is 2.62. The maximum Gasteiger partial charge on any atom is 0.228 e. The molecule has 0 amide bonds. The minimum absolute atomic E-state index is 0. The second-order valence-electron chi connectivity index (χ2n) is 48.0. The first-order valence-corrected chi connectivity index (χ1v) is 64.9. The van der Waals surface area contributed by atoms with Crippen molar-refractivity contribution < 1.29 is 145 Å². The van der Waals surface area contributed by atoms with Gasteiger partial charge in [-0.05, 0) is 153 Å². The van der Waals surface area contributed by atoms with E-state index in [0.717, 1.165) is 64.8 Å². The van der Waals surface area contributed by atoms with E-state index < -0.39 is 116 Å². The number of nitrogens with one attached hydrogen (secondary N) is 1. The molecule has 0 bridgehead atoms. The fourth-order valence-electron chi connectivity index (χ4n) is 17.6. The Bertz CT molecular complexity index is 4680. The largest absolute Gasteiger partial charge is 0.464 e. The van der Waals surface area contributed by atoms with Gasteiger partial charge in [0.2, 0.25) is 6.29 Å². The average Bonchev–Trinajstić information content (AvgIpc) is 1.62. The molecule has 19 rings (SSSR count). The standard InChI is InChI=1S/C19H29N3O3Si.C14H27ClO3Si.C14H28O4Si.C9H16O5.C9H14O4.C8H14O5.C7H7N3.C7H8.C6H15ClSi.C6H12O5.C4H8O.B/c1-12-13-7-8-22(17(13)21-10-20-12)18-16-15(23-11-24-16)14(25-18)9-26(5,6)19(2,3)4;2*1-13(2,3)19(6,7)8-9-10-11(12(15)16-9)18-14(4,5)17-10;1-9(2)13-6-5(4-10)12-8(11-3)7(6)14-9;1-5-6-7(8(10-4)11-5)13-9(2,3)12-6;1-8(2)12-5-4(3-9)11-7(10)6(5)13-8;1-5-6-2-3-8-7(6)10-4-9-5;1-7-5-3-2-4-6-7;1-6(2,3)8(4,5)7;1-10-6-5(9)4(8)3(2-7)11-6;1-2-4-5-3-1;/h7-8,10,14-16,18H,9,11H2,1-6H3;9-12H,8H2,1-7H3;9-12,15H,8H2,1-7H3;5-8,10H,4H2,1-3H3;6-8H,1H2,2-4H3;4-7,9-10H,3H2,1-2H3;2-4H,1H3,(H,8,9,10);2-6H,1H3;1-5H3;3-9H,2H2,1H3;1-4H2;/t14-,15+,16+,18+;9-,10+,11+,12-;9-,10+,11+,12?;5-,6+,7+,8?;6-,7-,8?;4-,5+,6+,7?;;;;3-,4+,5+,6?;;/m000010...0../s1. The summed E-state index contributed by atoms with van der Waals surface area (Å²) < 4.78 is 129. The Morgan fingerprint density at radius 1 is 0.445 bits per heavy atom. The Labute approximate surface area is 882 Å². The Kier molecular flexibility index (Phi) is 45.0. The molecular formula is C103H178BCl2N6O30Si4. The predicted molar refractivity (Wildman–Crippen MR) is 566 cm³/mol. The lowest BCUT2D eigenvalue weighted by Gasteiger charge is -2.39. The summed E-state index contributed by atoms with van der Waals surface area (Å²) in [5, 5.41) is 67.8. The van der Waals surface area contributed by atoms with Crippen molar-refractivity contribution in [3.05, 3.63) is 96.8 Å². The first-order valence-electron chi connectivity index (χ1n) is 50.8. The van der Waals surface area contributed by atoms with Gasteiger partial charge in [0.25, 0.3) is 0 Å². The molecule has 8 N–H and O–H groups in total. The van der Waals surface area contributed by atoms with Gasteiger partial charge >= 0.3 is 0 Å². The number of benzene rings is 1. The van der Waals surface area contributed by atoms with Crippen molar-refractivity contribution >= 4 is 84.8 Å². The summed E-state index contributed by atoms with van der Waals surface area (Å²) in [4.78, 5) is 19.9. The Morgan fingerprint density at radius 3 is 1.27 bits per heavy atom. The summed E-state index contributed by atoms with van der Waals surface area (Å²) >= 11 is 12.4. The molecule has 43 heteroatoms. The van der Waals surface area contributed by atoms with Gasteiger partial charge in [0.05, 0.1) is 73.7 Å². The first-order chi connectivity index (χ1) is 66.9. The molecule has 4 aromatic heterocycles. The fraction of sp³-hybridized carbons (Fsp3) is 0.806. The summed E-state index contributed by atoms with van der Waals surface area (Å²) in [7, 11) is -1.30. The molecule has 14 aliphatic rings. The SMILES string of the molecule is C1CCOC1.C=C1OC(OC)[C@@H]2OC(C)(C)O[C@H]12.CC(C)(C)[Si](C)(C)Cl.CC1(C)O[C@@H]2[C@H](CO)OC(O)[C@@H]2O1.CC1(C)O[C@@H]2[C@H](C[Si](C)(C)C(C)(C)C)OC(O)[C@@H]2O1.CC1(C)O[C@@H]2[C@H](O1)[C@H](C[Si](C)(C)C(C)(C)C)O[C@@H]2Cl.COC1O[C@@H](CO)[C@@H](O)[C@H]1O.COC1O[C@@H](CO)[C@H]2OC(C)(C)O[C@@H]12.Cc1ccccc1.Cc1ncnc2[nH]ccc12.Cc1ncnc2c1ccn2[C@@H]1O[C@@H](C[Si](C)(C)C(C)(C)C)[C@H]2OCO[C@H]21.[B]. The number of aryl methyl sites for hydroxylation is 3. The van der Waals surface area contributed by atoms with E-state index in [1.165, 1.54) is 25.5 Å². The Morgan fingerprint density at radius 2 is 0.842 bits per heavy atom. The van der Waals surface area contributed by atoms with E-state index in [1.807, 2.05) is 106 Å². The number of rotatable bonds is 13. The summed E-state index contributed by atoms with van der Waals surface area (Å²) in [5.41, 5.74) is 4.73. The zero-order valence-electron chi connectivity index (χ0n) is 93.5. The van der Waals surface area contributed by atoms with Crippen LogP contribution >= 0.6 is 22.7 Å². The quantitative estimate of drug-likeness (QED) is 0.0308.